The number of rotatable bonds is 3. The fourth-order valence-corrected chi connectivity index (χ4v) is 1.59. The van der Waals surface area contributed by atoms with E-state index in [1.807, 2.05) is 30.3 Å². The number of imidazole rings is 1. The first kappa shape index (κ1) is 13.1. The fourth-order valence-electron chi connectivity index (χ4n) is 1.59. The Labute approximate surface area is 108 Å². The van der Waals surface area contributed by atoms with Gasteiger partial charge in [0.05, 0.1) is 11.4 Å². The Balaban J connectivity index is 2.38. The van der Waals surface area contributed by atoms with Crippen molar-refractivity contribution in [2.45, 2.75) is 6.18 Å². The van der Waals surface area contributed by atoms with Crippen LogP contribution in [0.1, 0.15) is 11.4 Å². The lowest BCUT2D eigenvalue weighted by atomic mass is 10.2. The lowest BCUT2D eigenvalue weighted by Crippen LogP contribution is -2.00. The quantitative estimate of drug-likeness (QED) is 0.879. The van der Waals surface area contributed by atoms with Crippen LogP contribution in [0.15, 0.2) is 43.0 Å². The smallest absolute Gasteiger partial charge is 0.338 e. The molecule has 1 heterocycles. The van der Waals surface area contributed by atoms with E-state index >= 15 is 0 Å². The summed E-state index contributed by atoms with van der Waals surface area (Å²) in [5.41, 5.74) is 1.47. The highest BCUT2D eigenvalue weighted by Crippen LogP contribution is 2.22. The van der Waals surface area contributed by atoms with Crippen LogP contribution in [0.25, 0.3) is 23.5 Å². The molecule has 0 radical (unpaired) electrons. The molecule has 1 N–H and O–H groups in total. The van der Waals surface area contributed by atoms with Gasteiger partial charge in [0.2, 0.25) is 0 Å². The monoisotopic (exact) mass is 264 g/mol. The first-order valence-electron chi connectivity index (χ1n) is 5.53. The molecular formula is C14H11F3N2. The molecule has 0 saturated heterocycles. The summed E-state index contributed by atoms with van der Waals surface area (Å²) < 4.78 is 36.5. The van der Waals surface area contributed by atoms with Gasteiger partial charge in [-0.05, 0) is 12.2 Å². The molecular weight excluding hydrogens is 253 g/mol. The van der Waals surface area contributed by atoms with Crippen LogP contribution in [0.2, 0.25) is 0 Å². The van der Waals surface area contributed by atoms with Crippen LogP contribution in [0, 0.1) is 0 Å². The molecule has 2 nitrogen and oxygen atoms in total. The van der Waals surface area contributed by atoms with Crippen LogP contribution in [0.5, 0.6) is 0 Å². The third-order valence-electron chi connectivity index (χ3n) is 2.44. The largest absolute Gasteiger partial charge is 0.409 e. The number of nitrogens with one attached hydrogen (secondary N) is 1. The number of alkyl halides is 3. The van der Waals surface area contributed by atoms with Crippen LogP contribution in [-0.2, 0) is 0 Å². The first-order chi connectivity index (χ1) is 8.99. The molecule has 0 unspecified atom stereocenters. The van der Waals surface area contributed by atoms with Crippen molar-refractivity contribution in [1.82, 2.24) is 9.97 Å². The van der Waals surface area contributed by atoms with Crippen molar-refractivity contribution in [3.8, 4) is 11.4 Å². The average molecular weight is 264 g/mol. The molecule has 0 aliphatic heterocycles. The Bertz CT molecular complexity index is 595. The Kier molecular flexibility index (Phi) is 3.55. The second-order valence-electron chi connectivity index (χ2n) is 3.83. The van der Waals surface area contributed by atoms with Gasteiger partial charge in [0.15, 0.2) is 0 Å². The van der Waals surface area contributed by atoms with Gasteiger partial charge in [-0.15, -0.1) is 0 Å². The number of aromatic nitrogens is 2. The summed E-state index contributed by atoms with van der Waals surface area (Å²) in [5, 5.41) is 0. The summed E-state index contributed by atoms with van der Waals surface area (Å²) in [5.74, 6) is 0.511. The van der Waals surface area contributed by atoms with Gasteiger partial charge in [-0.3, -0.25) is 0 Å². The average Bonchev–Trinajstić information content (AvgIpc) is 2.80. The minimum atomic E-state index is -4.35. The van der Waals surface area contributed by atoms with E-state index in [0.717, 1.165) is 11.6 Å². The topological polar surface area (TPSA) is 28.7 Å². The summed E-state index contributed by atoms with van der Waals surface area (Å²) in [6.07, 6.45) is -1.81. The van der Waals surface area contributed by atoms with E-state index in [1.165, 1.54) is 6.08 Å². The Morgan fingerprint density at radius 3 is 2.42 bits per heavy atom. The lowest BCUT2D eigenvalue weighted by Gasteiger charge is -1.97. The van der Waals surface area contributed by atoms with E-state index in [-0.39, 0.29) is 11.8 Å². The summed E-state index contributed by atoms with van der Waals surface area (Å²) >= 11 is 0. The molecule has 0 atom stereocenters. The number of H-pyrrole nitrogens is 1. The number of hydrogen-bond donors (Lipinski definition) is 1. The zero-order chi connectivity index (χ0) is 13.9. The predicted molar refractivity (Wildman–Crippen MR) is 69.2 cm³/mol. The number of halogens is 3. The van der Waals surface area contributed by atoms with Gasteiger partial charge in [-0.1, -0.05) is 36.9 Å². The highest BCUT2D eigenvalue weighted by molar-refractivity contribution is 5.65. The molecule has 1 aromatic carbocycles. The van der Waals surface area contributed by atoms with Crippen LogP contribution >= 0.6 is 0 Å². The number of hydrogen-bond acceptors (Lipinski definition) is 1. The maximum Gasteiger partial charge on any atom is 0.409 e. The lowest BCUT2D eigenvalue weighted by molar-refractivity contribution is -0.0790. The van der Waals surface area contributed by atoms with Gasteiger partial charge in [0.25, 0.3) is 0 Å². The van der Waals surface area contributed by atoms with E-state index in [4.69, 9.17) is 0 Å². The van der Waals surface area contributed by atoms with Crippen molar-refractivity contribution in [2.24, 2.45) is 0 Å². The molecule has 0 aliphatic rings. The fraction of sp³-hybridized carbons (Fsp3) is 0.0714. The van der Waals surface area contributed by atoms with E-state index in [9.17, 15) is 13.2 Å². The van der Waals surface area contributed by atoms with Crippen LogP contribution in [0.3, 0.4) is 0 Å². The maximum absolute atomic E-state index is 12.2. The molecule has 0 aliphatic carbocycles. The van der Waals surface area contributed by atoms with Crippen molar-refractivity contribution < 1.29 is 13.2 Å². The van der Waals surface area contributed by atoms with Gasteiger partial charge in [-0.25, -0.2) is 4.98 Å². The van der Waals surface area contributed by atoms with Crippen molar-refractivity contribution >= 4 is 12.2 Å². The van der Waals surface area contributed by atoms with Crippen molar-refractivity contribution in [1.29, 1.82) is 0 Å². The molecule has 2 aromatic rings. The summed E-state index contributed by atoms with van der Waals surface area (Å²) in [4.78, 5) is 7.06. The van der Waals surface area contributed by atoms with Crippen LogP contribution in [-0.4, -0.2) is 16.1 Å². The predicted octanol–water partition coefficient (Wildman–Crippen LogP) is 4.30. The number of nitrogens with zero attached hydrogens (tertiary/aromatic N) is 1. The second kappa shape index (κ2) is 5.14. The standard InChI is InChI=1S/C14H11F3N2/c1-2-11-12(8-9-14(15,16)17)19-13(18-11)10-6-4-3-5-7-10/h2-9H,1H2,(H,18,19)/b9-8+. The van der Waals surface area contributed by atoms with Gasteiger partial charge in [0, 0.05) is 11.6 Å². The first-order valence-corrected chi connectivity index (χ1v) is 5.53. The summed E-state index contributed by atoms with van der Waals surface area (Å²) in [6.45, 7) is 3.55. The zero-order valence-corrected chi connectivity index (χ0v) is 9.91. The van der Waals surface area contributed by atoms with Gasteiger partial charge >= 0.3 is 6.18 Å². The minimum Gasteiger partial charge on any atom is -0.338 e. The SMILES string of the molecule is C=Cc1nc(-c2ccccc2)[nH]c1/C=C/C(F)(F)F. The second-order valence-corrected chi connectivity index (χ2v) is 3.83. The van der Waals surface area contributed by atoms with E-state index < -0.39 is 6.18 Å². The maximum atomic E-state index is 12.2. The molecule has 5 heteroatoms. The van der Waals surface area contributed by atoms with Crippen molar-refractivity contribution in [2.75, 3.05) is 0 Å². The molecule has 98 valence electrons. The summed E-state index contributed by atoms with van der Waals surface area (Å²) in [7, 11) is 0. The molecule has 0 spiro atoms. The normalized spacial score (nSPS) is 11.9. The van der Waals surface area contributed by atoms with Gasteiger partial charge in [-0.2, -0.15) is 13.2 Å². The molecule has 0 saturated carbocycles. The van der Waals surface area contributed by atoms with Crippen molar-refractivity contribution in [3.05, 3.63) is 54.4 Å². The van der Waals surface area contributed by atoms with Crippen LogP contribution < -0.4 is 0 Å². The highest BCUT2D eigenvalue weighted by Gasteiger charge is 2.22. The molecule has 0 fully saturated rings. The number of allylic oxidation sites excluding steroid dienone is 1. The highest BCUT2D eigenvalue weighted by atomic mass is 19.4. The van der Waals surface area contributed by atoms with Crippen LogP contribution in [0.4, 0.5) is 13.2 Å². The van der Waals surface area contributed by atoms with Crippen molar-refractivity contribution in [3.63, 3.8) is 0 Å². The molecule has 2 rings (SSSR count). The minimum absolute atomic E-state index is 0.169. The molecule has 19 heavy (non-hydrogen) atoms. The molecule has 0 amide bonds. The molecule has 0 bridgehead atoms. The van der Waals surface area contributed by atoms with Gasteiger partial charge < -0.3 is 4.98 Å². The van der Waals surface area contributed by atoms with E-state index in [2.05, 4.69) is 16.5 Å². The van der Waals surface area contributed by atoms with E-state index in [1.54, 1.807) is 0 Å². The zero-order valence-electron chi connectivity index (χ0n) is 9.91. The molecule has 1 aromatic heterocycles. The number of aromatic amines is 1. The van der Waals surface area contributed by atoms with E-state index in [0.29, 0.717) is 11.5 Å². The third kappa shape index (κ3) is 3.34. The summed E-state index contributed by atoms with van der Waals surface area (Å²) in [6, 6.07) is 9.16. The Hall–Kier alpha value is -2.30. The third-order valence-corrected chi connectivity index (χ3v) is 2.44. The Morgan fingerprint density at radius 2 is 1.84 bits per heavy atom. The Morgan fingerprint density at radius 1 is 1.16 bits per heavy atom. The number of benzene rings is 1. The van der Waals surface area contributed by atoms with Gasteiger partial charge in [0.1, 0.15) is 5.82 Å².